The van der Waals surface area contributed by atoms with Crippen molar-refractivity contribution in [2.24, 2.45) is 10.9 Å². The second kappa shape index (κ2) is 5.75. The van der Waals surface area contributed by atoms with Gasteiger partial charge in [-0.05, 0) is 19.8 Å². The molecule has 0 saturated heterocycles. The van der Waals surface area contributed by atoms with Crippen molar-refractivity contribution in [3.8, 4) is 0 Å². The summed E-state index contributed by atoms with van der Waals surface area (Å²) in [5.41, 5.74) is 0. The number of carbonyl (C=O) groups excluding carboxylic acids is 1. The summed E-state index contributed by atoms with van der Waals surface area (Å²) in [6, 6.07) is -0.257. The number of nitrogens with zero attached hydrogens (tertiary/aromatic N) is 1. The molecule has 0 aromatic heterocycles. The van der Waals surface area contributed by atoms with E-state index in [1.165, 1.54) is 0 Å². The van der Waals surface area contributed by atoms with Gasteiger partial charge >= 0.3 is 0 Å². The topological polar surface area (TPSA) is 41.5 Å². The molecule has 70 valence electrons. The quantitative estimate of drug-likeness (QED) is 0.634. The highest BCUT2D eigenvalue weighted by Crippen LogP contribution is 1.92. The second-order valence-electron chi connectivity index (χ2n) is 3.11. The summed E-state index contributed by atoms with van der Waals surface area (Å²) in [5, 5.41) is 2.72. The number of rotatable bonds is 4. The van der Waals surface area contributed by atoms with Gasteiger partial charge in [0.15, 0.2) is 0 Å². The molecule has 0 aliphatic heterocycles. The summed E-state index contributed by atoms with van der Waals surface area (Å²) < 4.78 is 0. The fourth-order valence-electron chi connectivity index (χ4n) is 0.691. The van der Waals surface area contributed by atoms with Gasteiger partial charge < -0.3 is 5.32 Å². The molecule has 0 saturated carbocycles. The Balaban J connectivity index is 3.86. The fraction of sp³-hybridized carbons (Fsp3) is 0.778. The van der Waals surface area contributed by atoms with Crippen LogP contribution in [0.25, 0.3) is 0 Å². The molecule has 0 heterocycles. The molecule has 0 unspecified atom stereocenters. The SMILES string of the molecule is CCNC(=O)[C@H](C)N=CC(C)C. The first kappa shape index (κ1) is 11.1. The smallest absolute Gasteiger partial charge is 0.244 e. The third kappa shape index (κ3) is 4.88. The van der Waals surface area contributed by atoms with Crippen LogP contribution in [0.2, 0.25) is 0 Å². The van der Waals surface area contributed by atoms with Gasteiger partial charge in [0, 0.05) is 12.8 Å². The monoisotopic (exact) mass is 170 g/mol. The molecular weight excluding hydrogens is 152 g/mol. The molecule has 0 fully saturated rings. The van der Waals surface area contributed by atoms with Crippen LogP contribution in [0.1, 0.15) is 27.7 Å². The highest BCUT2D eigenvalue weighted by atomic mass is 16.2. The standard InChI is InChI=1S/C9H18N2O/c1-5-10-9(12)8(4)11-6-7(2)3/h6-8H,5H2,1-4H3,(H,10,12)/t8-/m0/s1. The highest BCUT2D eigenvalue weighted by molar-refractivity contribution is 5.82. The van der Waals surface area contributed by atoms with Gasteiger partial charge in [-0.25, -0.2) is 0 Å². The summed E-state index contributed by atoms with van der Waals surface area (Å²) >= 11 is 0. The molecule has 3 heteroatoms. The van der Waals surface area contributed by atoms with E-state index >= 15 is 0 Å². The van der Waals surface area contributed by atoms with Crippen LogP contribution in [0.4, 0.5) is 0 Å². The minimum Gasteiger partial charge on any atom is -0.355 e. The lowest BCUT2D eigenvalue weighted by Crippen LogP contribution is -2.31. The number of hydrogen-bond donors (Lipinski definition) is 1. The first-order valence-electron chi connectivity index (χ1n) is 4.39. The Kier molecular flexibility index (Phi) is 5.34. The summed E-state index contributed by atoms with van der Waals surface area (Å²) in [6.07, 6.45) is 1.81. The van der Waals surface area contributed by atoms with Gasteiger partial charge in [-0.1, -0.05) is 13.8 Å². The molecule has 3 nitrogen and oxygen atoms in total. The number of hydrogen-bond acceptors (Lipinski definition) is 2. The number of carbonyl (C=O) groups is 1. The van der Waals surface area contributed by atoms with E-state index in [2.05, 4.69) is 10.3 Å². The van der Waals surface area contributed by atoms with Crippen LogP contribution in [-0.4, -0.2) is 24.7 Å². The van der Waals surface area contributed by atoms with E-state index in [0.29, 0.717) is 12.5 Å². The van der Waals surface area contributed by atoms with Crippen LogP contribution in [0.5, 0.6) is 0 Å². The Morgan fingerprint density at radius 2 is 2.08 bits per heavy atom. The molecule has 0 aromatic rings. The van der Waals surface area contributed by atoms with Gasteiger partial charge in [0.05, 0.1) is 0 Å². The summed E-state index contributed by atoms with van der Waals surface area (Å²) in [4.78, 5) is 15.2. The van der Waals surface area contributed by atoms with Crippen molar-refractivity contribution in [2.75, 3.05) is 6.54 Å². The zero-order valence-corrected chi connectivity index (χ0v) is 8.29. The Morgan fingerprint density at radius 1 is 1.50 bits per heavy atom. The van der Waals surface area contributed by atoms with E-state index in [-0.39, 0.29) is 11.9 Å². The van der Waals surface area contributed by atoms with Gasteiger partial charge in [-0.3, -0.25) is 9.79 Å². The summed E-state index contributed by atoms with van der Waals surface area (Å²) in [6.45, 7) is 8.43. The van der Waals surface area contributed by atoms with Crippen molar-refractivity contribution >= 4 is 12.1 Å². The summed E-state index contributed by atoms with van der Waals surface area (Å²) in [5.74, 6) is 0.399. The minimum absolute atomic E-state index is 0.00519. The molecule has 0 bridgehead atoms. The maximum absolute atomic E-state index is 11.1. The molecule has 0 aliphatic carbocycles. The largest absolute Gasteiger partial charge is 0.355 e. The van der Waals surface area contributed by atoms with Crippen LogP contribution < -0.4 is 5.32 Å². The van der Waals surface area contributed by atoms with E-state index in [1.807, 2.05) is 20.8 Å². The van der Waals surface area contributed by atoms with E-state index in [9.17, 15) is 4.79 Å². The predicted octanol–water partition coefficient (Wildman–Crippen LogP) is 1.24. The molecule has 1 atom stereocenters. The molecule has 0 spiro atoms. The third-order valence-electron chi connectivity index (χ3n) is 1.34. The molecule has 0 aromatic carbocycles. The number of nitrogens with one attached hydrogen (secondary N) is 1. The Morgan fingerprint density at radius 3 is 2.50 bits per heavy atom. The zero-order chi connectivity index (χ0) is 9.56. The van der Waals surface area contributed by atoms with Crippen LogP contribution in [0.15, 0.2) is 4.99 Å². The molecular formula is C9H18N2O. The van der Waals surface area contributed by atoms with Gasteiger partial charge in [0.25, 0.3) is 0 Å². The second-order valence-corrected chi connectivity index (χ2v) is 3.11. The van der Waals surface area contributed by atoms with Gasteiger partial charge in [-0.15, -0.1) is 0 Å². The van der Waals surface area contributed by atoms with Crippen LogP contribution in [0, 0.1) is 5.92 Å². The maximum Gasteiger partial charge on any atom is 0.244 e. The zero-order valence-electron chi connectivity index (χ0n) is 8.29. The third-order valence-corrected chi connectivity index (χ3v) is 1.34. The van der Waals surface area contributed by atoms with E-state index in [0.717, 1.165) is 0 Å². The fourth-order valence-corrected chi connectivity index (χ4v) is 0.691. The maximum atomic E-state index is 11.1. The first-order chi connectivity index (χ1) is 5.57. The van der Waals surface area contributed by atoms with Crippen LogP contribution >= 0.6 is 0 Å². The molecule has 0 aliphatic rings. The molecule has 1 amide bonds. The molecule has 1 N–H and O–H groups in total. The van der Waals surface area contributed by atoms with Gasteiger partial charge in [0.1, 0.15) is 6.04 Å². The molecule has 0 radical (unpaired) electrons. The normalized spacial score (nSPS) is 13.8. The van der Waals surface area contributed by atoms with Crippen molar-refractivity contribution < 1.29 is 4.79 Å². The van der Waals surface area contributed by atoms with E-state index < -0.39 is 0 Å². The number of amides is 1. The summed E-state index contributed by atoms with van der Waals surface area (Å²) in [7, 11) is 0. The minimum atomic E-state index is -0.257. The van der Waals surface area contributed by atoms with Gasteiger partial charge in [0.2, 0.25) is 5.91 Å². The van der Waals surface area contributed by atoms with Crippen LogP contribution in [-0.2, 0) is 4.79 Å². The highest BCUT2D eigenvalue weighted by Gasteiger charge is 2.07. The average Bonchev–Trinajstić information content (AvgIpc) is 2.00. The molecule has 0 rings (SSSR count). The lowest BCUT2D eigenvalue weighted by atomic mass is 10.2. The van der Waals surface area contributed by atoms with Crippen molar-refractivity contribution in [1.82, 2.24) is 5.32 Å². The Hall–Kier alpha value is -0.860. The van der Waals surface area contributed by atoms with Crippen molar-refractivity contribution in [3.63, 3.8) is 0 Å². The average molecular weight is 170 g/mol. The first-order valence-corrected chi connectivity index (χ1v) is 4.39. The van der Waals surface area contributed by atoms with E-state index in [1.54, 1.807) is 13.1 Å². The molecule has 12 heavy (non-hydrogen) atoms. The van der Waals surface area contributed by atoms with Crippen molar-refractivity contribution in [3.05, 3.63) is 0 Å². The van der Waals surface area contributed by atoms with Crippen molar-refractivity contribution in [1.29, 1.82) is 0 Å². The Bertz CT molecular complexity index is 164. The number of aliphatic imine (C=N–C) groups is 1. The lowest BCUT2D eigenvalue weighted by Gasteiger charge is -2.05. The lowest BCUT2D eigenvalue weighted by molar-refractivity contribution is -0.121. The van der Waals surface area contributed by atoms with Gasteiger partial charge in [-0.2, -0.15) is 0 Å². The number of likely N-dealkylation sites (N-methyl/N-ethyl adjacent to an activating group) is 1. The Labute approximate surface area is 74.3 Å². The van der Waals surface area contributed by atoms with E-state index in [4.69, 9.17) is 0 Å². The van der Waals surface area contributed by atoms with Crippen molar-refractivity contribution in [2.45, 2.75) is 33.7 Å². The predicted molar refractivity (Wildman–Crippen MR) is 51.5 cm³/mol. The van der Waals surface area contributed by atoms with Crippen LogP contribution in [0.3, 0.4) is 0 Å².